The highest BCUT2D eigenvalue weighted by atomic mass is 16.4. The molecule has 11 nitrogen and oxygen atoms in total. The van der Waals surface area contributed by atoms with Gasteiger partial charge in [0.25, 0.3) is 5.56 Å². The van der Waals surface area contributed by atoms with E-state index in [1.807, 2.05) is 12.1 Å². The molecule has 0 bridgehead atoms. The lowest BCUT2D eigenvalue weighted by Gasteiger charge is -2.21. The second-order valence-corrected chi connectivity index (χ2v) is 10.5. The minimum Gasteiger partial charge on any atom is -0.465 e. The molecule has 0 unspecified atom stereocenters. The molecule has 0 aliphatic carbocycles. The number of aromatic amines is 1. The number of rotatable bonds is 12. The zero-order valence-corrected chi connectivity index (χ0v) is 23.7. The molecule has 0 saturated carbocycles. The highest BCUT2D eigenvalue weighted by molar-refractivity contribution is 5.92. The molecular weight excluding hydrogens is 512 g/mol. The van der Waals surface area contributed by atoms with Crippen molar-refractivity contribution in [3.05, 3.63) is 70.6 Å². The first-order valence-electron chi connectivity index (χ1n) is 13.2. The molecule has 0 aromatic carbocycles. The van der Waals surface area contributed by atoms with Crippen molar-refractivity contribution in [2.24, 2.45) is 11.8 Å². The molecule has 40 heavy (non-hydrogen) atoms. The third-order valence-corrected chi connectivity index (χ3v) is 6.47. The van der Waals surface area contributed by atoms with Crippen LogP contribution >= 0.6 is 0 Å². The maximum atomic E-state index is 13.3. The molecule has 0 aliphatic rings. The Balaban J connectivity index is 1.77. The first kappa shape index (κ1) is 30.1. The van der Waals surface area contributed by atoms with Crippen molar-refractivity contribution in [3.8, 4) is 0 Å². The van der Waals surface area contributed by atoms with Gasteiger partial charge in [-0.25, -0.2) is 4.79 Å². The van der Waals surface area contributed by atoms with Gasteiger partial charge in [0.1, 0.15) is 5.69 Å². The third kappa shape index (κ3) is 8.05. The Morgan fingerprint density at radius 3 is 2.62 bits per heavy atom. The van der Waals surface area contributed by atoms with Crippen LogP contribution in [0.15, 0.2) is 53.6 Å². The van der Waals surface area contributed by atoms with E-state index < -0.39 is 17.9 Å². The highest BCUT2D eigenvalue weighted by Gasteiger charge is 2.23. The van der Waals surface area contributed by atoms with E-state index in [4.69, 9.17) is 0 Å². The maximum absolute atomic E-state index is 13.3. The molecule has 3 N–H and O–H groups in total. The van der Waals surface area contributed by atoms with E-state index in [9.17, 15) is 24.3 Å². The minimum atomic E-state index is -1.16. The summed E-state index contributed by atoms with van der Waals surface area (Å²) in [5.41, 5.74) is 2.49. The Morgan fingerprint density at radius 2 is 1.95 bits per heavy atom. The predicted octanol–water partition coefficient (Wildman–Crippen LogP) is 3.56. The molecule has 3 aromatic rings. The van der Waals surface area contributed by atoms with Gasteiger partial charge in [-0.05, 0) is 55.5 Å². The van der Waals surface area contributed by atoms with E-state index in [0.29, 0.717) is 18.8 Å². The molecular formula is C29H38N6O5. The van der Waals surface area contributed by atoms with Gasteiger partial charge in [-0.1, -0.05) is 19.9 Å². The van der Waals surface area contributed by atoms with Gasteiger partial charge in [0, 0.05) is 51.2 Å². The van der Waals surface area contributed by atoms with Gasteiger partial charge < -0.3 is 29.8 Å². The number of nitrogens with one attached hydrogen (secondary N) is 2. The van der Waals surface area contributed by atoms with Crippen molar-refractivity contribution in [3.63, 3.8) is 0 Å². The van der Waals surface area contributed by atoms with Gasteiger partial charge in [-0.3, -0.25) is 19.4 Å². The Kier molecular flexibility index (Phi) is 10.2. The van der Waals surface area contributed by atoms with Gasteiger partial charge >= 0.3 is 6.09 Å². The summed E-state index contributed by atoms with van der Waals surface area (Å²) in [6.07, 6.45) is 6.86. The number of hydrogen-bond acceptors (Lipinski definition) is 5. The summed E-state index contributed by atoms with van der Waals surface area (Å²) in [7, 11) is 4.65. The summed E-state index contributed by atoms with van der Waals surface area (Å²) in [5, 5.41) is 13.0. The van der Waals surface area contributed by atoms with Crippen molar-refractivity contribution in [1.82, 2.24) is 24.3 Å². The zero-order valence-electron chi connectivity index (χ0n) is 23.7. The molecule has 214 valence electrons. The van der Waals surface area contributed by atoms with E-state index in [-0.39, 0.29) is 30.2 Å². The van der Waals surface area contributed by atoms with E-state index >= 15 is 0 Å². The van der Waals surface area contributed by atoms with Crippen molar-refractivity contribution in [2.75, 3.05) is 33.0 Å². The lowest BCUT2D eigenvalue weighted by atomic mass is 10.0. The Bertz CT molecular complexity index is 1440. The van der Waals surface area contributed by atoms with Crippen LogP contribution < -0.4 is 10.9 Å². The summed E-state index contributed by atoms with van der Waals surface area (Å²) in [6.45, 7) is 4.49. The van der Waals surface area contributed by atoms with Crippen LogP contribution in [0.3, 0.4) is 0 Å². The minimum absolute atomic E-state index is 0.0561. The molecule has 0 saturated heterocycles. The number of carbonyl (C=O) groups is 3. The van der Waals surface area contributed by atoms with E-state index in [1.165, 1.54) is 28.7 Å². The number of likely N-dealkylation sites (N-methyl/N-ethyl adjacent to an activating group) is 1. The second-order valence-electron chi connectivity index (χ2n) is 10.5. The van der Waals surface area contributed by atoms with Crippen molar-refractivity contribution < 1.29 is 19.5 Å². The number of anilines is 1. The molecule has 3 amide bonds. The topological polar surface area (TPSA) is 141 Å². The van der Waals surface area contributed by atoms with Gasteiger partial charge in [-0.2, -0.15) is 0 Å². The van der Waals surface area contributed by atoms with Crippen LogP contribution in [0.25, 0.3) is 10.9 Å². The lowest BCUT2D eigenvalue weighted by molar-refractivity contribution is -0.123. The normalized spacial score (nSPS) is 12.2. The molecule has 3 heterocycles. The van der Waals surface area contributed by atoms with Gasteiger partial charge in [0.15, 0.2) is 0 Å². The Labute approximate surface area is 233 Å². The van der Waals surface area contributed by atoms with E-state index in [0.717, 1.165) is 33.6 Å². The smallest absolute Gasteiger partial charge is 0.407 e. The molecule has 3 aromatic heterocycles. The predicted molar refractivity (Wildman–Crippen MR) is 154 cm³/mol. The van der Waals surface area contributed by atoms with Crippen LogP contribution in [-0.4, -0.2) is 75.0 Å². The largest absolute Gasteiger partial charge is 0.465 e. The van der Waals surface area contributed by atoms with E-state index in [2.05, 4.69) is 29.1 Å². The molecule has 0 fully saturated rings. The Morgan fingerprint density at radius 1 is 1.20 bits per heavy atom. The summed E-state index contributed by atoms with van der Waals surface area (Å²) >= 11 is 0. The summed E-state index contributed by atoms with van der Waals surface area (Å²) in [6, 6.07) is 7.13. The zero-order chi connectivity index (χ0) is 29.4. The standard InChI is InChI=1S/C29H38N6O5/c1-19(2)15-24-26-20(12-13-30-24)16-22(31-26)18-35-14-8-10-23(28(35)38)32-27(37)21(17-34(5)29(39)40)9-6-7-11-25(36)33(3)4/h7-8,10-14,16,19,21,31H,6,9,15,17-18H2,1-5H3,(H,32,37)(H,39,40)/b11-7+/t21-/m0/s1. The van der Waals surface area contributed by atoms with Crippen LogP contribution in [0.1, 0.15) is 38.1 Å². The number of fused-ring (bicyclic) bond motifs is 1. The summed E-state index contributed by atoms with van der Waals surface area (Å²) in [5.74, 6) is -0.932. The van der Waals surface area contributed by atoms with Crippen molar-refractivity contribution in [2.45, 2.75) is 39.7 Å². The number of carboxylic acid groups (broad SMARTS) is 1. The number of hydrogen-bond donors (Lipinski definition) is 3. The molecule has 3 rings (SSSR count). The fourth-order valence-corrected chi connectivity index (χ4v) is 4.32. The van der Waals surface area contributed by atoms with Gasteiger partial charge in [0.05, 0.1) is 23.7 Å². The average Bonchev–Trinajstić information content (AvgIpc) is 3.31. The molecule has 0 spiro atoms. The van der Waals surface area contributed by atoms with Crippen LogP contribution in [-0.2, 0) is 22.6 Å². The molecule has 0 aliphatic heterocycles. The van der Waals surface area contributed by atoms with E-state index in [1.54, 1.807) is 38.6 Å². The number of nitrogens with zero attached hydrogens (tertiary/aromatic N) is 4. The SMILES string of the molecule is CC(C)Cc1nccc2cc(Cn3cccc(NC(=O)[C@@H](CC/C=C/C(=O)N(C)C)CN(C)C(=O)O)c3=O)[nH]c12. The number of aromatic nitrogens is 3. The van der Waals surface area contributed by atoms with Crippen LogP contribution in [0, 0.1) is 11.8 Å². The van der Waals surface area contributed by atoms with Gasteiger partial charge in [0.2, 0.25) is 11.8 Å². The fourth-order valence-electron chi connectivity index (χ4n) is 4.32. The molecule has 11 heteroatoms. The Hall–Kier alpha value is -4.41. The van der Waals surface area contributed by atoms with Crippen LogP contribution in [0.5, 0.6) is 0 Å². The highest BCUT2D eigenvalue weighted by Crippen LogP contribution is 2.21. The number of amides is 3. The summed E-state index contributed by atoms with van der Waals surface area (Å²) < 4.78 is 1.50. The van der Waals surface area contributed by atoms with Crippen molar-refractivity contribution in [1.29, 1.82) is 0 Å². The average molecular weight is 551 g/mol. The quantitative estimate of drug-likeness (QED) is 0.295. The number of carbonyl (C=O) groups excluding carboxylic acids is 2. The van der Waals surface area contributed by atoms with Crippen LogP contribution in [0.2, 0.25) is 0 Å². The van der Waals surface area contributed by atoms with Gasteiger partial charge in [-0.15, -0.1) is 0 Å². The number of H-pyrrole nitrogens is 1. The summed E-state index contributed by atoms with van der Waals surface area (Å²) in [4.78, 5) is 60.0. The molecule has 0 radical (unpaired) electrons. The van der Waals surface area contributed by atoms with Crippen LogP contribution in [0.4, 0.5) is 10.5 Å². The number of pyridine rings is 2. The third-order valence-electron chi connectivity index (χ3n) is 6.47. The molecule has 1 atom stereocenters. The monoisotopic (exact) mass is 550 g/mol. The fraction of sp³-hybridized carbons (Fsp3) is 0.414. The number of allylic oxidation sites excluding steroid dienone is 1. The first-order valence-corrected chi connectivity index (χ1v) is 13.2. The van der Waals surface area contributed by atoms with Crippen molar-refractivity contribution >= 4 is 34.5 Å². The lowest BCUT2D eigenvalue weighted by Crippen LogP contribution is -2.37. The second kappa shape index (κ2) is 13.6. The maximum Gasteiger partial charge on any atom is 0.407 e. The first-order chi connectivity index (χ1) is 19.0.